The average Bonchev–Trinajstić information content (AvgIpc) is 2.86. The molecule has 21 heavy (non-hydrogen) atoms. The van der Waals surface area contributed by atoms with E-state index < -0.39 is 0 Å². The van der Waals surface area contributed by atoms with Crippen LogP contribution in [0.3, 0.4) is 0 Å². The van der Waals surface area contributed by atoms with E-state index in [1.807, 2.05) is 30.3 Å². The van der Waals surface area contributed by atoms with Crippen molar-refractivity contribution in [1.29, 1.82) is 0 Å². The van der Waals surface area contributed by atoms with E-state index in [9.17, 15) is 4.79 Å². The van der Waals surface area contributed by atoms with E-state index in [1.54, 1.807) is 0 Å². The molecule has 3 N–H and O–H groups in total. The minimum absolute atomic E-state index is 0.280. The van der Waals surface area contributed by atoms with Crippen molar-refractivity contribution in [2.75, 3.05) is 5.75 Å². The lowest BCUT2D eigenvalue weighted by Crippen LogP contribution is -2.13. The quantitative estimate of drug-likeness (QED) is 0.756. The van der Waals surface area contributed by atoms with E-state index >= 15 is 0 Å². The predicted molar refractivity (Wildman–Crippen MR) is 89.1 cm³/mol. The van der Waals surface area contributed by atoms with Crippen LogP contribution < -0.4 is 5.73 Å². The number of aromatic amines is 1. The Morgan fingerprint density at radius 2 is 1.76 bits per heavy atom. The molecule has 3 rings (SSSR count). The number of hydrogen-bond acceptors (Lipinski definition) is 2. The van der Waals surface area contributed by atoms with Crippen molar-refractivity contribution >= 4 is 28.6 Å². The fraction of sp³-hybridized carbons (Fsp3) is 0.118. The topological polar surface area (TPSA) is 58.9 Å². The molecule has 0 unspecified atom stereocenters. The number of carbonyl (C=O) groups is 1. The van der Waals surface area contributed by atoms with Crippen LogP contribution in [0.25, 0.3) is 22.0 Å². The summed E-state index contributed by atoms with van der Waals surface area (Å²) < 4.78 is 0. The molecule has 0 radical (unpaired) electrons. The Bertz CT molecular complexity index is 765. The Hall–Kier alpha value is -2.20. The highest BCUT2D eigenvalue weighted by atomic mass is 32.2. The highest BCUT2D eigenvalue weighted by Crippen LogP contribution is 2.34. The Morgan fingerprint density at radius 1 is 1.05 bits per heavy atom. The largest absolute Gasteiger partial charge is 0.369 e. The maximum Gasteiger partial charge on any atom is 0.227 e. The summed E-state index contributed by atoms with van der Waals surface area (Å²) in [5.41, 5.74) is 9.86. The zero-order valence-electron chi connectivity index (χ0n) is 11.5. The summed E-state index contributed by atoms with van der Waals surface area (Å²) in [5.74, 6) is 0.795. The fourth-order valence-electron chi connectivity index (χ4n) is 2.49. The van der Waals surface area contributed by atoms with Gasteiger partial charge in [0, 0.05) is 27.9 Å². The van der Waals surface area contributed by atoms with Gasteiger partial charge < -0.3 is 10.7 Å². The maximum absolute atomic E-state index is 10.9. The molecule has 0 bridgehead atoms. The third kappa shape index (κ3) is 2.95. The lowest BCUT2D eigenvalue weighted by atomic mass is 10.0. The molecule has 2 aromatic carbocycles. The summed E-state index contributed by atoms with van der Waals surface area (Å²) in [4.78, 5) is 14.4. The molecule has 3 nitrogen and oxygen atoms in total. The third-order valence-electron chi connectivity index (χ3n) is 3.34. The molecule has 0 aliphatic carbocycles. The number of nitrogens with two attached hydrogens (primary N) is 1. The van der Waals surface area contributed by atoms with Gasteiger partial charge in [-0.2, -0.15) is 0 Å². The molecule has 0 fully saturated rings. The van der Waals surface area contributed by atoms with Gasteiger partial charge in [-0.1, -0.05) is 48.5 Å². The predicted octanol–water partition coefficient (Wildman–Crippen LogP) is 3.55. The van der Waals surface area contributed by atoms with Crippen LogP contribution in [-0.4, -0.2) is 16.6 Å². The lowest BCUT2D eigenvalue weighted by Gasteiger charge is -2.05. The molecule has 1 heterocycles. The van der Waals surface area contributed by atoms with Crippen molar-refractivity contribution in [2.45, 2.75) is 5.75 Å². The molecular weight excluding hydrogens is 280 g/mol. The van der Waals surface area contributed by atoms with E-state index in [2.05, 4.69) is 29.2 Å². The second-order valence-corrected chi connectivity index (χ2v) is 5.83. The first kappa shape index (κ1) is 13.8. The van der Waals surface area contributed by atoms with Crippen LogP contribution in [0.5, 0.6) is 0 Å². The summed E-state index contributed by atoms with van der Waals surface area (Å²) in [5, 5.41) is 1.21. The Balaban J connectivity index is 2.04. The molecule has 1 aromatic heterocycles. The van der Waals surface area contributed by atoms with Crippen LogP contribution in [0.4, 0.5) is 0 Å². The molecule has 4 heteroatoms. The molecule has 0 saturated carbocycles. The van der Waals surface area contributed by atoms with E-state index in [1.165, 1.54) is 28.3 Å². The van der Waals surface area contributed by atoms with Crippen LogP contribution in [0, 0.1) is 0 Å². The first-order valence-corrected chi connectivity index (χ1v) is 7.92. The summed E-state index contributed by atoms with van der Waals surface area (Å²) >= 11 is 1.53. The second kappa shape index (κ2) is 6.06. The normalized spacial score (nSPS) is 10.9. The van der Waals surface area contributed by atoms with Gasteiger partial charge in [-0.25, -0.2) is 0 Å². The van der Waals surface area contributed by atoms with Crippen molar-refractivity contribution < 1.29 is 4.79 Å². The van der Waals surface area contributed by atoms with E-state index in [4.69, 9.17) is 5.73 Å². The van der Waals surface area contributed by atoms with Crippen molar-refractivity contribution in [3.8, 4) is 11.1 Å². The maximum atomic E-state index is 10.9. The summed E-state index contributed by atoms with van der Waals surface area (Å²) in [6, 6.07) is 18.6. The van der Waals surface area contributed by atoms with Gasteiger partial charge in [-0.3, -0.25) is 4.79 Å². The number of fused-ring (bicyclic) bond motifs is 1. The van der Waals surface area contributed by atoms with Crippen molar-refractivity contribution in [3.63, 3.8) is 0 Å². The van der Waals surface area contributed by atoms with Crippen LogP contribution in [0.1, 0.15) is 5.69 Å². The van der Waals surface area contributed by atoms with Crippen LogP contribution in [0.15, 0.2) is 54.6 Å². The monoisotopic (exact) mass is 296 g/mol. The second-order valence-electron chi connectivity index (χ2n) is 4.85. The van der Waals surface area contributed by atoms with Gasteiger partial charge in [0.2, 0.25) is 5.91 Å². The molecule has 0 aliphatic rings. The van der Waals surface area contributed by atoms with E-state index in [0.717, 1.165) is 17.0 Å². The first-order chi connectivity index (χ1) is 10.3. The molecule has 0 spiro atoms. The molecule has 0 aliphatic heterocycles. The lowest BCUT2D eigenvalue weighted by molar-refractivity contribution is -0.115. The standard InChI is InChI=1S/C17H16N2OS/c18-16(20)11-21-10-15-17(12-6-2-1-3-7-12)13-8-4-5-9-14(13)19-15/h1-9,19H,10-11H2,(H2,18,20). The Morgan fingerprint density at radius 3 is 2.52 bits per heavy atom. The van der Waals surface area contributed by atoms with Gasteiger partial charge in [-0.15, -0.1) is 11.8 Å². The Kier molecular flexibility index (Phi) is 3.97. The average molecular weight is 296 g/mol. The number of carbonyl (C=O) groups excluding carboxylic acids is 1. The molecule has 1 amide bonds. The molecule has 0 atom stereocenters. The number of rotatable bonds is 5. The van der Waals surface area contributed by atoms with Crippen molar-refractivity contribution in [1.82, 2.24) is 4.98 Å². The van der Waals surface area contributed by atoms with Gasteiger partial charge >= 0.3 is 0 Å². The van der Waals surface area contributed by atoms with Gasteiger partial charge in [0.1, 0.15) is 0 Å². The summed E-state index contributed by atoms with van der Waals surface area (Å²) in [7, 11) is 0. The van der Waals surface area contributed by atoms with E-state index in [0.29, 0.717) is 5.75 Å². The van der Waals surface area contributed by atoms with Gasteiger partial charge in [0.15, 0.2) is 0 Å². The van der Waals surface area contributed by atoms with Crippen molar-refractivity contribution in [2.24, 2.45) is 5.73 Å². The van der Waals surface area contributed by atoms with Crippen LogP contribution in [0.2, 0.25) is 0 Å². The fourth-order valence-corrected chi connectivity index (χ4v) is 3.22. The van der Waals surface area contributed by atoms with Crippen LogP contribution >= 0.6 is 11.8 Å². The van der Waals surface area contributed by atoms with Crippen molar-refractivity contribution in [3.05, 3.63) is 60.3 Å². The molecule has 106 valence electrons. The minimum atomic E-state index is -0.280. The first-order valence-electron chi connectivity index (χ1n) is 6.77. The number of aromatic nitrogens is 1. The SMILES string of the molecule is NC(=O)CSCc1[nH]c2ccccc2c1-c1ccccc1. The zero-order valence-corrected chi connectivity index (χ0v) is 12.3. The third-order valence-corrected chi connectivity index (χ3v) is 4.32. The minimum Gasteiger partial charge on any atom is -0.369 e. The Labute approximate surface area is 127 Å². The summed E-state index contributed by atoms with van der Waals surface area (Å²) in [6.07, 6.45) is 0. The van der Waals surface area contributed by atoms with Gasteiger partial charge in [-0.05, 0) is 11.6 Å². The molecule has 3 aromatic rings. The number of para-hydroxylation sites is 1. The number of nitrogens with one attached hydrogen (secondary N) is 1. The summed E-state index contributed by atoms with van der Waals surface area (Å²) in [6.45, 7) is 0. The highest BCUT2D eigenvalue weighted by Gasteiger charge is 2.13. The zero-order chi connectivity index (χ0) is 14.7. The number of benzene rings is 2. The molecule has 0 saturated heterocycles. The number of amides is 1. The smallest absolute Gasteiger partial charge is 0.227 e. The van der Waals surface area contributed by atoms with Gasteiger partial charge in [0.25, 0.3) is 0 Å². The van der Waals surface area contributed by atoms with E-state index in [-0.39, 0.29) is 5.91 Å². The van der Waals surface area contributed by atoms with Gasteiger partial charge in [0.05, 0.1) is 5.75 Å². The molecular formula is C17H16N2OS. The number of thioether (sulfide) groups is 1. The number of hydrogen-bond donors (Lipinski definition) is 2. The number of H-pyrrole nitrogens is 1. The highest BCUT2D eigenvalue weighted by molar-refractivity contribution is 7.99. The number of primary amides is 1. The van der Waals surface area contributed by atoms with Crippen LogP contribution in [-0.2, 0) is 10.5 Å².